The summed E-state index contributed by atoms with van der Waals surface area (Å²) >= 11 is 0. The van der Waals surface area contributed by atoms with Crippen LogP contribution in [0, 0.1) is 11.8 Å². The number of nitrogens with zero attached hydrogens (tertiary/aromatic N) is 2. The zero-order valence-electron chi connectivity index (χ0n) is 19.4. The predicted molar refractivity (Wildman–Crippen MR) is 123 cm³/mol. The summed E-state index contributed by atoms with van der Waals surface area (Å²) in [7, 11) is 0. The lowest BCUT2D eigenvalue weighted by atomic mass is 9.92. The Morgan fingerprint density at radius 1 is 1.12 bits per heavy atom. The highest BCUT2D eigenvalue weighted by molar-refractivity contribution is 5.57. The van der Waals surface area contributed by atoms with Crippen molar-refractivity contribution >= 4 is 5.69 Å². The van der Waals surface area contributed by atoms with Gasteiger partial charge in [0.1, 0.15) is 5.75 Å². The van der Waals surface area contributed by atoms with Gasteiger partial charge in [-0.05, 0) is 73.1 Å². The number of phenolic OH excluding ortho intramolecular Hbond substituents is 1. The molecule has 4 nitrogen and oxygen atoms in total. The van der Waals surface area contributed by atoms with E-state index in [0.29, 0.717) is 37.2 Å². The van der Waals surface area contributed by atoms with Gasteiger partial charge in [-0.3, -0.25) is 0 Å². The van der Waals surface area contributed by atoms with Crippen LogP contribution in [0.15, 0.2) is 36.5 Å². The third-order valence-corrected chi connectivity index (χ3v) is 7.05. The second kappa shape index (κ2) is 10.4. The van der Waals surface area contributed by atoms with Crippen LogP contribution in [0.1, 0.15) is 56.1 Å². The van der Waals surface area contributed by atoms with E-state index in [9.17, 15) is 22.7 Å². The number of halogens is 4. The Balaban J connectivity index is 1.34. The lowest BCUT2D eigenvalue weighted by Gasteiger charge is -2.35. The van der Waals surface area contributed by atoms with E-state index >= 15 is 0 Å². The molecule has 8 heteroatoms. The van der Waals surface area contributed by atoms with Crippen LogP contribution in [0.5, 0.6) is 11.6 Å². The molecule has 1 unspecified atom stereocenters. The van der Waals surface area contributed by atoms with Crippen molar-refractivity contribution in [2.75, 3.05) is 24.6 Å². The SMILES string of the molecule is CCC(c1ccnc(OCC2CCN(c3cc(O)ccc3CC(F)(F)C(F)F)CC2)c1)C1CC1. The molecule has 0 bridgehead atoms. The molecule has 1 aromatic heterocycles. The van der Waals surface area contributed by atoms with Crippen molar-refractivity contribution in [1.82, 2.24) is 4.98 Å². The molecule has 0 amide bonds. The molecule has 4 rings (SSSR count). The third kappa shape index (κ3) is 5.94. The van der Waals surface area contributed by atoms with Gasteiger partial charge < -0.3 is 14.7 Å². The summed E-state index contributed by atoms with van der Waals surface area (Å²) in [5.74, 6) is -1.96. The van der Waals surface area contributed by atoms with Gasteiger partial charge in [-0.25, -0.2) is 13.8 Å². The third-order valence-electron chi connectivity index (χ3n) is 7.05. The highest BCUT2D eigenvalue weighted by atomic mass is 19.3. The monoisotopic (exact) mass is 480 g/mol. The first-order valence-corrected chi connectivity index (χ1v) is 12.1. The molecule has 2 heterocycles. The number of hydrogen-bond donors (Lipinski definition) is 1. The van der Waals surface area contributed by atoms with Crippen LogP contribution in [-0.4, -0.2) is 42.1 Å². The van der Waals surface area contributed by atoms with Crippen LogP contribution in [0.4, 0.5) is 23.2 Å². The van der Waals surface area contributed by atoms with Crippen molar-refractivity contribution in [2.24, 2.45) is 11.8 Å². The normalized spacial score (nSPS) is 18.4. The lowest BCUT2D eigenvalue weighted by Crippen LogP contribution is -2.37. The van der Waals surface area contributed by atoms with Crippen molar-refractivity contribution in [2.45, 2.75) is 63.7 Å². The molecule has 2 aromatic rings. The van der Waals surface area contributed by atoms with Crippen LogP contribution in [0.3, 0.4) is 0 Å². The maximum absolute atomic E-state index is 13.7. The van der Waals surface area contributed by atoms with Crippen LogP contribution in [0.25, 0.3) is 0 Å². The molecular weight excluding hydrogens is 448 g/mol. The molecule has 1 saturated carbocycles. The predicted octanol–water partition coefficient (Wildman–Crippen LogP) is 6.43. The van der Waals surface area contributed by atoms with E-state index < -0.39 is 18.8 Å². The highest BCUT2D eigenvalue weighted by Crippen LogP contribution is 2.44. The molecular formula is C26H32F4N2O2. The summed E-state index contributed by atoms with van der Waals surface area (Å²) < 4.78 is 58.9. The van der Waals surface area contributed by atoms with E-state index in [2.05, 4.69) is 18.0 Å². The van der Waals surface area contributed by atoms with Crippen molar-refractivity contribution in [1.29, 1.82) is 0 Å². The van der Waals surface area contributed by atoms with Gasteiger partial charge in [0.05, 0.1) is 6.61 Å². The molecule has 1 atom stereocenters. The number of ether oxygens (including phenoxy) is 1. The van der Waals surface area contributed by atoms with Gasteiger partial charge in [-0.2, -0.15) is 8.78 Å². The molecule has 1 aliphatic carbocycles. The molecule has 34 heavy (non-hydrogen) atoms. The molecule has 2 aliphatic rings. The average Bonchev–Trinajstić information content (AvgIpc) is 3.65. The van der Waals surface area contributed by atoms with Crippen molar-refractivity contribution in [3.8, 4) is 11.6 Å². The van der Waals surface area contributed by atoms with Crippen LogP contribution >= 0.6 is 0 Å². The van der Waals surface area contributed by atoms with Gasteiger partial charge in [0, 0.05) is 43.5 Å². The number of aromatic hydroxyl groups is 1. The van der Waals surface area contributed by atoms with Gasteiger partial charge in [0.2, 0.25) is 5.88 Å². The minimum absolute atomic E-state index is 0.0768. The van der Waals surface area contributed by atoms with Crippen LogP contribution < -0.4 is 9.64 Å². The number of alkyl halides is 4. The first-order chi connectivity index (χ1) is 16.3. The Labute approximate surface area is 198 Å². The Hall–Kier alpha value is -2.51. The molecule has 0 spiro atoms. The van der Waals surface area contributed by atoms with Gasteiger partial charge in [0.25, 0.3) is 0 Å². The summed E-state index contributed by atoms with van der Waals surface area (Å²) in [6.45, 7) is 3.86. The number of phenols is 1. The second-order valence-corrected chi connectivity index (χ2v) is 9.57. The fourth-order valence-corrected chi connectivity index (χ4v) is 4.95. The largest absolute Gasteiger partial charge is 0.508 e. The van der Waals surface area contributed by atoms with E-state index in [1.54, 1.807) is 6.20 Å². The summed E-state index contributed by atoms with van der Waals surface area (Å²) in [5, 5.41) is 9.87. The Kier molecular flexibility index (Phi) is 7.53. The Morgan fingerprint density at radius 3 is 2.50 bits per heavy atom. The van der Waals surface area contributed by atoms with E-state index in [4.69, 9.17) is 4.74 Å². The molecule has 1 aliphatic heterocycles. The maximum Gasteiger partial charge on any atom is 0.311 e. The lowest BCUT2D eigenvalue weighted by molar-refractivity contribution is -0.127. The van der Waals surface area contributed by atoms with E-state index in [1.807, 2.05) is 11.0 Å². The number of piperidine rings is 1. The summed E-state index contributed by atoms with van der Waals surface area (Å²) in [6.07, 6.45) is 2.21. The molecule has 2 fully saturated rings. The second-order valence-electron chi connectivity index (χ2n) is 9.57. The highest BCUT2D eigenvalue weighted by Gasteiger charge is 2.41. The summed E-state index contributed by atoms with van der Waals surface area (Å²) in [5.41, 5.74) is 1.78. The number of benzene rings is 1. The number of rotatable bonds is 10. The molecule has 0 radical (unpaired) electrons. The van der Waals surface area contributed by atoms with Crippen LogP contribution in [-0.2, 0) is 6.42 Å². The number of hydrogen-bond acceptors (Lipinski definition) is 4. The fraction of sp³-hybridized carbons (Fsp3) is 0.577. The number of pyridine rings is 1. The zero-order valence-corrected chi connectivity index (χ0v) is 19.4. The standard InChI is InChI=1S/C26H32F4N2O2/c1-2-22(18-3-4-18)19-7-10-31-24(13-19)34-16-17-8-11-32(12-9-17)23-14-21(33)6-5-20(23)15-26(29,30)25(27)28/h5-7,10,13-14,17-18,22,25,33H,2-4,8-9,11-12,15-16H2,1H3. The fourth-order valence-electron chi connectivity index (χ4n) is 4.95. The van der Waals surface area contributed by atoms with Gasteiger partial charge in [-0.1, -0.05) is 13.0 Å². The van der Waals surface area contributed by atoms with Crippen molar-refractivity contribution < 1.29 is 27.4 Å². The van der Waals surface area contributed by atoms with E-state index in [-0.39, 0.29) is 17.2 Å². The molecule has 1 saturated heterocycles. The minimum Gasteiger partial charge on any atom is -0.508 e. The first kappa shape index (κ1) is 24.6. The van der Waals surface area contributed by atoms with E-state index in [1.165, 1.54) is 36.6 Å². The zero-order chi connectivity index (χ0) is 24.3. The minimum atomic E-state index is -4.12. The van der Waals surface area contributed by atoms with Crippen LogP contribution in [0.2, 0.25) is 0 Å². The van der Waals surface area contributed by atoms with Gasteiger partial charge >= 0.3 is 12.3 Å². The van der Waals surface area contributed by atoms with Crippen molar-refractivity contribution in [3.05, 3.63) is 47.7 Å². The quantitative estimate of drug-likeness (QED) is 0.398. The first-order valence-electron chi connectivity index (χ1n) is 12.1. The number of anilines is 1. The molecule has 1 aromatic carbocycles. The smallest absolute Gasteiger partial charge is 0.311 e. The molecule has 1 N–H and O–H groups in total. The van der Waals surface area contributed by atoms with Gasteiger partial charge in [0.15, 0.2) is 0 Å². The molecule has 186 valence electrons. The topological polar surface area (TPSA) is 45.6 Å². The average molecular weight is 481 g/mol. The van der Waals surface area contributed by atoms with Gasteiger partial charge in [-0.15, -0.1) is 0 Å². The van der Waals surface area contributed by atoms with E-state index in [0.717, 1.165) is 25.2 Å². The number of aromatic nitrogens is 1. The summed E-state index contributed by atoms with van der Waals surface area (Å²) in [6, 6.07) is 8.06. The Bertz CT molecular complexity index is 960. The van der Waals surface area contributed by atoms with Crippen molar-refractivity contribution in [3.63, 3.8) is 0 Å². The summed E-state index contributed by atoms with van der Waals surface area (Å²) in [4.78, 5) is 6.24. The maximum atomic E-state index is 13.7. The Morgan fingerprint density at radius 2 is 1.85 bits per heavy atom.